The fourth-order valence-electron chi connectivity index (χ4n) is 2.31. The number of hydrogen-bond acceptors (Lipinski definition) is 1. The molecule has 106 valence electrons. The molecular formula is C16H10F3NO. The summed E-state index contributed by atoms with van der Waals surface area (Å²) >= 11 is 0. The summed E-state index contributed by atoms with van der Waals surface area (Å²) in [5.74, 6) is 0. The Morgan fingerprint density at radius 1 is 0.857 bits per heavy atom. The van der Waals surface area contributed by atoms with E-state index in [0.29, 0.717) is 10.9 Å². The van der Waals surface area contributed by atoms with Crippen LogP contribution in [0, 0.1) is 0 Å². The minimum Gasteiger partial charge on any atom is -0.321 e. The van der Waals surface area contributed by atoms with Gasteiger partial charge in [-0.2, -0.15) is 13.2 Å². The lowest BCUT2D eigenvalue weighted by atomic mass is 9.99. The number of aromatic amines is 1. The molecule has 0 unspecified atom stereocenters. The third-order valence-corrected chi connectivity index (χ3v) is 3.28. The Kier molecular flexibility index (Phi) is 3.05. The zero-order chi connectivity index (χ0) is 15.0. The van der Waals surface area contributed by atoms with Crippen LogP contribution < -0.4 is 5.56 Å². The van der Waals surface area contributed by atoms with Crippen molar-refractivity contribution >= 4 is 10.9 Å². The van der Waals surface area contributed by atoms with Gasteiger partial charge in [0, 0.05) is 11.1 Å². The van der Waals surface area contributed by atoms with E-state index in [1.54, 1.807) is 24.3 Å². The van der Waals surface area contributed by atoms with Crippen LogP contribution in [0.15, 0.2) is 59.4 Å². The number of pyridine rings is 1. The molecule has 0 saturated carbocycles. The van der Waals surface area contributed by atoms with Gasteiger partial charge in [0.05, 0.1) is 5.56 Å². The summed E-state index contributed by atoms with van der Waals surface area (Å²) in [6.07, 6.45) is -4.51. The second-order valence-electron chi connectivity index (χ2n) is 4.64. The number of halogens is 3. The van der Waals surface area contributed by atoms with Crippen LogP contribution in [0.1, 0.15) is 5.56 Å². The number of benzene rings is 2. The van der Waals surface area contributed by atoms with E-state index in [2.05, 4.69) is 4.98 Å². The second-order valence-corrected chi connectivity index (χ2v) is 4.64. The third-order valence-electron chi connectivity index (χ3n) is 3.28. The average Bonchev–Trinajstić information content (AvgIpc) is 2.45. The number of rotatable bonds is 1. The van der Waals surface area contributed by atoms with Gasteiger partial charge in [0.25, 0.3) is 5.56 Å². The van der Waals surface area contributed by atoms with E-state index in [-0.39, 0.29) is 11.1 Å². The quantitative estimate of drug-likeness (QED) is 0.715. The fraction of sp³-hybridized carbons (Fsp3) is 0.0625. The molecule has 0 bridgehead atoms. The normalized spacial score (nSPS) is 11.8. The van der Waals surface area contributed by atoms with Crippen molar-refractivity contribution in [1.29, 1.82) is 0 Å². The highest BCUT2D eigenvalue weighted by Gasteiger charge is 2.33. The Morgan fingerprint density at radius 3 is 2.29 bits per heavy atom. The van der Waals surface area contributed by atoms with Crippen molar-refractivity contribution in [3.63, 3.8) is 0 Å². The Morgan fingerprint density at radius 2 is 1.52 bits per heavy atom. The van der Waals surface area contributed by atoms with Crippen LogP contribution >= 0.6 is 0 Å². The lowest BCUT2D eigenvalue weighted by Gasteiger charge is -2.12. The summed E-state index contributed by atoms with van der Waals surface area (Å²) in [7, 11) is 0. The van der Waals surface area contributed by atoms with E-state index in [9.17, 15) is 18.0 Å². The first-order chi connectivity index (χ1) is 9.97. The molecule has 0 saturated heterocycles. The van der Waals surface area contributed by atoms with Gasteiger partial charge in [-0.15, -0.1) is 0 Å². The molecule has 0 spiro atoms. The van der Waals surface area contributed by atoms with Crippen LogP contribution in [-0.4, -0.2) is 4.98 Å². The summed E-state index contributed by atoms with van der Waals surface area (Å²) in [5, 5.41) is 0.684. The van der Waals surface area contributed by atoms with Crippen LogP contribution in [0.3, 0.4) is 0 Å². The fourth-order valence-corrected chi connectivity index (χ4v) is 2.31. The standard InChI is InChI=1S/C16H10F3NO/c17-16(18,19)13-7-3-2-6-11(13)12-9-10-5-1-4-8-14(10)20-15(12)21/h1-9H,(H,20,21). The molecule has 0 aliphatic heterocycles. The van der Waals surface area contributed by atoms with Crippen LogP contribution in [0.2, 0.25) is 0 Å². The second kappa shape index (κ2) is 4.77. The third kappa shape index (κ3) is 2.42. The van der Waals surface area contributed by atoms with E-state index in [4.69, 9.17) is 0 Å². The predicted molar refractivity (Wildman–Crippen MR) is 75.0 cm³/mol. The van der Waals surface area contributed by atoms with Crippen molar-refractivity contribution in [3.8, 4) is 11.1 Å². The van der Waals surface area contributed by atoms with Gasteiger partial charge >= 0.3 is 6.18 Å². The molecule has 0 atom stereocenters. The lowest BCUT2D eigenvalue weighted by Crippen LogP contribution is -2.13. The van der Waals surface area contributed by atoms with Gasteiger partial charge in [0.15, 0.2) is 0 Å². The lowest BCUT2D eigenvalue weighted by molar-refractivity contribution is -0.137. The van der Waals surface area contributed by atoms with E-state index < -0.39 is 17.3 Å². The number of nitrogens with one attached hydrogen (secondary N) is 1. The van der Waals surface area contributed by atoms with Crippen LogP contribution in [0.4, 0.5) is 13.2 Å². The van der Waals surface area contributed by atoms with Crippen LogP contribution in [-0.2, 0) is 6.18 Å². The van der Waals surface area contributed by atoms with Gasteiger partial charge in [-0.25, -0.2) is 0 Å². The van der Waals surface area contributed by atoms with Crippen molar-refractivity contribution in [2.75, 3.05) is 0 Å². The maximum atomic E-state index is 13.1. The summed E-state index contributed by atoms with van der Waals surface area (Å²) in [6.45, 7) is 0. The van der Waals surface area contributed by atoms with Gasteiger partial charge in [-0.05, 0) is 29.1 Å². The number of H-pyrrole nitrogens is 1. The average molecular weight is 289 g/mol. The first-order valence-electron chi connectivity index (χ1n) is 6.25. The Balaban J connectivity index is 2.31. The van der Waals surface area contributed by atoms with Crippen LogP contribution in [0.25, 0.3) is 22.0 Å². The van der Waals surface area contributed by atoms with Crippen molar-refractivity contribution < 1.29 is 13.2 Å². The van der Waals surface area contributed by atoms with Gasteiger partial charge in [0.1, 0.15) is 0 Å². The summed E-state index contributed by atoms with van der Waals surface area (Å²) in [6, 6.07) is 13.5. The van der Waals surface area contributed by atoms with E-state index in [1.165, 1.54) is 24.3 Å². The molecule has 5 heteroatoms. The van der Waals surface area contributed by atoms with Crippen molar-refractivity contribution in [2.45, 2.75) is 6.18 Å². The van der Waals surface area contributed by atoms with Gasteiger partial charge in [-0.1, -0.05) is 36.4 Å². The summed E-state index contributed by atoms with van der Waals surface area (Å²) in [5.41, 5.74) is -0.856. The molecule has 0 fully saturated rings. The zero-order valence-electron chi connectivity index (χ0n) is 10.7. The molecule has 0 aliphatic carbocycles. The van der Waals surface area contributed by atoms with Gasteiger partial charge in [0.2, 0.25) is 0 Å². The molecule has 21 heavy (non-hydrogen) atoms. The van der Waals surface area contributed by atoms with Gasteiger partial charge < -0.3 is 4.98 Å². The van der Waals surface area contributed by atoms with Crippen molar-refractivity contribution in [1.82, 2.24) is 4.98 Å². The maximum absolute atomic E-state index is 13.1. The van der Waals surface area contributed by atoms with Crippen LogP contribution in [0.5, 0.6) is 0 Å². The Bertz CT molecular complexity index is 865. The Hall–Kier alpha value is -2.56. The van der Waals surface area contributed by atoms with E-state index in [0.717, 1.165) is 6.07 Å². The van der Waals surface area contributed by atoms with E-state index in [1.807, 2.05) is 0 Å². The highest BCUT2D eigenvalue weighted by Crippen LogP contribution is 2.36. The molecule has 3 aromatic rings. The summed E-state index contributed by atoms with van der Waals surface area (Å²) in [4.78, 5) is 14.7. The Labute approximate surface area is 117 Å². The topological polar surface area (TPSA) is 32.9 Å². The highest BCUT2D eigenvalue weighted by molar-refractivity contribution is 5.84. The molecule has 0 radical (unpaired) electrons. The molecule has 2 nitrogen and oxygen atoms in total. The SMILES string of the molecule is O=c1[nH]c2ccccc2cc1-c1ccccc1C(F)(F)F. The molecule has 1 N–H and O–H groups in total. The highest BCUT2D eigenvalue weighted by atomic mass is 19.4. The van der Waals surface area contributed by atoms with Crippen molar-refractivity contribution in [2.24, 2.45) is 0 Å². The minimum absolute atomic E-state index is 0.0154. The molecule has 1 heterocycles. The van der Waals surface area contributed by atoms with Gasteiger partial charge in [-0.3, -0.25) is 4.79 Å². The predicted octanol–water partition coefficient (Wildman–Crippen LogP) is 4.21. The number of hydrogen-bond donors (Lipinski definition) is 1. The molecule has 0 amide bonds. The molecule has 1 aromatic heterocycles. The maximum Gasteiger partial charge on any atom is 0.417 e. The largest absolute Gasteiger partial charge is 0.417 e. The summed E-state index contributed by atoms with van der Waals surface area (Å²) < 4.78 is 39.2. The number of para-hydroxylation sites is 1. The molecular weight excluding hydrogens is 279 g/mol. The first-order valence-corrected chi connectivity index (χ1v) is 6.25. The number of aromatic nitrogens is 1. The zero-order valence-corrected chi connectivity index (χ0v) is 10.7. The monoisotopic (exact) mass is 289 g/mol. The number of fused-ring (bicyclic) bond motifs is 1. The minimum atomic E-state index is -4.51. The molecule has 3 rings (SSSR count). The molecule has 2 aromatic carbocycles. The van der Waals surface area contributed by atoms with Crippen molar-refractivity contribution in [3.05, 3.63) is 70.5 Å². The number of alkyl halides is 3. The first kappa shape index (κ1) is 13.4. The smallest absolute Gasteiger partial charge is 0.321 e. The van der Waals surface area contributed by atoms with E-state index >= 15 is 0 Å². The molecule has 0 aliphatic rings.